The molecule has 3 rings (SSSR count). The normalized spacial score (nSPS) is 25.5. The van der Waals surface area contributed by atoms with Crippen molar-refractivity contribution in [1.29, 1.82) is 0 Å². The molecule has 0 radical (unpaired) electrons. The number of fused-ring (bicyclic) bond motifs is 1. The number of nitrogens with zero attached hydrogens (tertiary/aromatic N) is 6. The maximum Gasteiger partial charge on any atom is 0.327 e. The van der Waals surface area contributed by atoms with Gasteiger partial charge in [0.25, 0.3) is 5.91 Å². The minimum atomic E-state index is -0.638. The number of likely N-dealkylation sites (N-methyl/N-ethyl adjacent to an activating group) is 3. The SMILES string of the molecule is CN1C(=O)[C@@H]2N=C(Sc3n[nH]c(N)n3)N(C)[C@@H]2N(C)C1=O. The van der Waals surface area contributed by atoms with Crippen molar-refractivity contribution in [3.05, 3.63) is 0 Å². The second kappa shape index (κ2) is 4.62. The van der Waals surface area contributed by atoms with Gasteiger partial charge in [-0.15, -0.1) is 5.10 Å². The van der Waals surface area contributed by atoms with E-state index in [0.29, 0.717) is 10.3 Å². The molecule has 0 unspecified atom stereocenters. The van der Waals surface area contributed by atoms with E-state index in [-0.39, 0.29) is 17.9 Å². The fourth-order valence-electron chi connectivity index (χ4n) is 2.38. The Labute approximate surface area is 124 Å². The summed E-state index contributed by atoms with van der Waals surface area (Å²) < 4.78 is 0. The highest BCUT2D eigenvalue weighted by atomic mass is 32.2. The number of aliphatic imine (C=N–C) groups is 1. The van der Waals surface area contributed by atoms with Gasteiger partial charge in [0.2, 0.25) is 11.1 Å². The van der Waals surface area contributed by atoms with Crippen molar-refractivity contribution in [3.63, 3.8) is 0 Å². The number of hydrogen-bond acceptors (Lipinski definition) is 8. The number of nitrogens with two attached hydrogens (primary N) is 1. The molecule has 21 heavy (non-hydrogen) atoms. The summed E-state index contributed by atoms with van der Waals surface area (Å²) in [7, 11) is 4.87. The molecule has 0 aromatic carbocycles. The molecular formula is C10H14N8O2S. The summed E-state index contributed by atoms with van der Waals surface area (Å²) in [6.45, 7) is 0. The summed E-state index contributed by atoms with van der Waals surface area (Å²) in [5.74, 6) is -0.112. The number of anilines is 1. The van der Waals surface area contributed by atoms with E-state index >= 15 is 0 Å². The van der Waals surface area contributed by atoms with Crippen LogP contribution >= 0.6 is 11.8 Å². The number of aromatic amines is 1. The fourth-order valence-corrected chi connectivity index (χ4v) is 3.20. The lowest BCUT2D eigenvalue weighted by Gasteiger charge is -2.40. The van der Waals surface area contributed by atoms with Crippen LogP contribution in [0.5, 0.6) is 0 Å². The predicted molar refractivity (Wildman–Crippen MR) is 75.4 cm³/mol. The van der Waals surface area contributed by atoms with Gasteiger partial charge in [-0.1, -0.05) is 0 Å². The second-order valence-corrected chi connectivity index (χ2v) is 5.71. The van der Waals surface area contributed by atoms with Crippen LogP contribution in [0, 0.1) is 0 Å². The van der Waals surface area contributed by atoms with Gasteiger partial charge >= 0.3 is 6.03 Å². The standard InChI is InChI=1S/C10H14N8O2S/c1-16-5-4(6(19)18(3)10(20)17(5)2)12-9(16)21-8-13-7(11)14-15-8/h4-5H,1-3H3,(H3,11,13,14,15)/t4-,5-/m1/s1. The van der Waals surface area contributed by atoms with Gasteiger partial charge in [-0.25, -0.2) is 14.9 Å². The van der Waals surface area contributed by atoms with E-state index in [1.807, 2.05) is 0 Å². The Morgan fingerprint density at radius 2 is 1.95 bits per heavy atom. The van der Waals surface area contributed by atoms with Crippen molar-refractivity contribution < 1.29 is 9.59 Å². The fraction of sp³-hybridized carbons (Fsp3) is 0.500. The van der Waals surface area contributed by atoms with Crippen LogP contribution in [0.4, 0.5) is 10.7 Å². The van der Waals surface area contributed by atoms with Crippen LogP contribution in [0.1, 0.15) is 0 Å². The minimum Gasteiger partial charge on any atom is -0.368 e. The number of amidine groups is 1. The molecule has 1 aromatic heterocycles. The maximum atomic E-state index is 12.2. The average Bonchev–Trinajstić information content (AvgIpc) is 2.99. The third-order valence-corrected chi connectivity index (χ3v) is 4.41. The Hall–Kier alpha value is -2.30. The van der Waals surface area contributed by atoms with E-state index in [2.05, 4.69) is 20.2 Å². The van der Waals surface area contributed by atoms with Gasteiger partial charge in [0.1, 0.15) is 6.17 Å². The molecule has 0 saturated carbocycles. The molecular weight excluding hydrogens is 296 g/mol. The third-order valence-electron chi connectivity index (χ3n) is 3.46. The van der Waals surface area contributed by atoms with E-state index in [1.54, 1.807) is 19.0 Å². The zero-order valence-corrected chi connectivity index (χ0v) is 12.5. The molecule has 0 aliphatic carbocycles. The van der Waals surface area contributed by atoms with Crippen LogP contribution in [-0.4, -0.2) is 80.3 Å². The molecule has 2 atom stereocenters. The number of aromatic nitrogens is 3. The molecule has 112 valence electrons. The number of H-pyrrole nitrogens is 1. The summed E-state index contributed by atoms with van der Waals surface area (Å²) in [6.07, 6.45) is -0.431. The number of nitrogens with one attached hydrogen (secondary N) is 1. The number of carbonyl (C=O) groups is 2. The largest absolute Gasteiger partial charge is 0.368 e. The quantitative estimate of drug-likeness (QED) is 0.681. The second-order valence-electron chi connectivity index (χ2n) is 4.78. The highest BCUT2D eigenvalue weighted by Crippen LogP contribution is 2.31. The molecule has 1 fully saturated rings. The van der Waals surface area contributed by atoms with Crippen molar-refractivity contribution in [2.45, 2.75) is 17.4 Å². The lowest BCUT2D eigenvalue weighted by atomic mass is 10.1. The van der Waals surface area contributed by atoms with Crippen LogP contribution < -0.4 is 5.73 Å². The van der Waals surface area contributed by atoms with Gasteiger partial charge < -0.3 is 15.5 Å². The summed E-state index contributed by atoms with van der Waals surface area (Å²) in [5, 5.41) is 7.42. The van der Waals surface area contributed by atoms with Crippen molar-refractivity contribution in [3.8, 4) is 0 Å². The number of rotatable bonds is 1. The molecule has 3 heterocycles. The van der Waals surface area contributed by atoms with E-state index in [4.69, 9.17) is 5.73 Å². The minimum absolute atomic E-state index is 0.208. The van der Waals surface area contributed by atoms with Gasteiger partial charge in [-0.2, -0.15) is 4.98 Å². The predicted octanol–water partition coefficient (Wildman–Crippen LogP) is -1.00. The number of hydrogen-bond donors (Lipinski definition) is 2. The Kier molecular flexibility index (Phi) is 3.01. The topological polar surface area (TPSA) is 124 Å². The van der Waals surface area contributed by atoms with E-state index in [9.17, 15) is 9.59 Å². The van der Waals surface area contributed by atoms with Gasteiger partial charge in [-0.3, -0.25) is 9.69 Å². The summed E-state index contributed by atoms with van der Waals surface area (Å²) in [6, 6.07) is -0.988. The highest BCUT2D eigenvalue weighted by molar-refractivity contribution is 8.13. The summed E-state index contributed by atoms with van der Waals surface area (Å²) >= 11 is 1.19. The molecule has 11 heteroatoms. The number of imide groups is 1. The molecule has 1 aromatic rings. The zero-order chi connectivity index (χ0) is 15.3. The van der Waals surface area contributed by atoms with E-state index < -0.39 is 12.2 Å². The van der Waals surface area contributed by atoms with Gasteiger partial charge in [-0.05, 0) is 11.8 Å². The van der Waals surface area contributed by atoms with Gasteiger partial charge in [0, 0.05) is 21.1 Å². The average molecular weight is 310 g/mol. The molecule has 0 bridgehead atoms. The lowest BCUT2D eigenvalue weighted by Crippen LogP contribution is -2.63. The van der Waals surface area contributed by atoms with Crippen LogP contribution in [-0.2, 0) is 4.79 Å². The van der Waals surface area contributed by atoms with Crippen molar-refractivity contribution in [2.75, 3.05) is 26.9 Å². The van der Waals surface area contributed by atoms with Crippen molar-refractivity contribution >= 4 is 34.8 Å². The van der Waals surface area contributed by atoms with Crippen molar-refractivity contribution in [2.24, 2.45) is 4.99 Å². The van der Waals surface area contributed by atoms with Crippen LogP contribution in [0.15, 0.2) is 10.1 Å². The summed E-state index contributed by atoms with van der Waals surface area (Å²) in [5.41, 5.74) is 5.48. The Bertz CT molecular complexity index is 643. The highest BCUT2D eigenvalue weighted by Gasteiger charge is 2.49. The first kappa shape index (κ1) is 13.7. The molecule has 2 aliphatic rings. The smallest absolute Gasteiger partial charge is 0.327 e. The number of amides is 3. The number of nitrogen functional groups attached to an aromatic ring is 1. The Morgan fingerprint density at radius 1 is 1.24 bits per heavy atom. The number of carbonyl (C=O) groups excluding carboxylic acids is 2. The zero-order valence-electron chi connectivity index (χ0n) is 11.6. The molecule has 10 nitrogen and oxygen atoms in total. The van der Waals surface area contributed by atoms with E-state index in [0.717, 1.165) is 4.90 Å². The number of urea groups is 1. The lowest BCUT2D eigenvalue weighted by molar-refractivity contribution is -0.133. The van der Waals surface area contributed by atoms with Crippen LogP contribution in [0.2, 0.25) is 0 Å². The van der Waals surface area contributed by atoms with Crippen LogP contribution in [0.25, 0.3) is 0 Å². The van der Waals surface area contributed by atoms with E-state index in [1.165, 1.54) is 23.7 Å². The van der Waals surface area contributed by atoms with Gasteiger partial charge in [0.05, 0.1) is 0 Å². The first-order valence-electron chi connectivity index (χ1n) is 6.11. The molecule has 3 N–H and O–H groups in total. The van der Waals surface area contributed by atoms with Crippen LogP contribution in [0.3, 0.4) is 0 Å². The maximum absolute atomic E-state index is 12.2. The van der Waals surface area contributed by atoms with Gasteiger partial charge in [0.15, 0.2) is 11.2 Å². The Morgan fingerprint density at radius 3 is 2.57 bits per heavy atom. The molecule has 2 aliphatic heterocycles. The molecule has 0 spiro atoms. The monoisotopic (exact) mass is 310 g/mol. The third kappa shape index (κ3) is 2.00. The first-order chi connectivity index (χ1) is 9.90. The van der Waals surface area contributed by atoms with Crippen molar-refractivity contribution in [1.82, 2.24) is 29.9 Å². The molecule has 1 saturated heterocycles. The molecule has 3 amide bonds. The first-order valence-corrected chi connectivity index (χ1v) is 6.92. The summed E-state index contributed by atoms with van der Waals surface area (Å²) in [4.78, 5) is 36.9. The Balaban J connectivity index is 1.88. The number of thioether (sulfide) groups is 1.